The van der Waals surface area contributed by atoms with Crippen LogP contribution >= 0.6 is 0 Å². The molecule has 5 nitrogen and oxygen atoms in total. The van der Waals surface area contributed by atoms with Gasteiger partial charge in [-0.1, -0.05) is 25.1 Å². The molecule has 1 saturated heterocycles. The van der Waals surface area contributed by atoms with Gasteiger partial charge in [-0.2, -0.15) is 0 Å². The van der Waals surface area contributed by atoms with Gasteiger partial charge in [-0.3, -0.25) is 0 Å². The molecular weight excluding hydrogens is 216 g/mol. The van der Waals surface area contributed by atoms with Crippen molar-refractivity contribution in [2.45, 2.75) is 20.3 Å². The Morgan fingerprint density at radius 2 is 2.29 bits per heavy atom. The molecule has 0 saturated carbocycles. The highest BCUT2D eigenvalue weighted by Crippen LogP contribution is 2.31. The van der Waals surface area contributed by atoms with Crippen molar-refractivity contribution in [1.82, 2.24) is 4.98 Å². The fraction of sp³-hybridized carbons (Fsp3) is 0.500. The molecule has 1 aliphatic heterocycles. The number of aromatic nitrogens is 1. The minimum Gasteiger partial charge on any atom is -0.409 e. The second-order valence-electron chi connectivity index (χ2n) is 5.20. The fourth-order valence-electron chi connectivity index (χ4n) is 2.10. The highest BCUT2D eigenvalue weighted by atomic mass is 16.4. The maximum atomic E-state index is 8.64. The SMILES string of the molecule is CC1(C)CCN(c2cccc(C(N)=NO)n2)C1. The van der Waals surface area contributed by atoms with Crippen LogP contribution in [0, 0.1) is 5.41 Å². The monoisotopic (exact) mass is 234 g/mol. The van der Waals surface area contributed by atoms with Gasteiger partial charge in [-0.25, -0.2) is 4.98 Å². The molecule has 1 aromatic heterocycles. The topological polar surface area (TPSA) is 74.7 Å². The molecule has 2 rings (SSSR count). The van der Waals surface area contributed by atoms with Gasteiger partial charge in [0.1, 0.15) is 11.5 Å². The summed E-state index contributed by atoms with van der Waals surface area (Å²) in [7, 11) is 0. The Bertz CT molecular complexity index is 442. The summed E-state index contributed by atoms with van der Waals surface area (Å²) in [6, 6.07) is 5.57. The first-order valence-electron chi connectivity index (χ1n) is 5.72. The number of hydrogen-bond acceptors (Lipinski definition) is 4. The van der Waals surface area contributed by atoms with Crippen LogP contribution in [0.2, 0.25) is 0 Å². The molecule has 1 aliphatic rings. The third kappa shape index (κ3) is 2.49. The summed E-state index contributed by atoms with van der Waals surface area (Å²) < 4.78 is 0. The third-order valence-electron chi connectivity index (χ3n) is 3.11. The molecule has 0 spiro atoms. The Kier molecular flexibility index (Phi) is 2.92. The van der Waals surface area contributed by atoms with E-state index >= 15 is 0 Å². The molecule has 0 bridgehead atoms. The lowest BCUT2D eigenvalue weighted by molar-refractivity contribution is 0.318. The van der Waals surface area contributed by atoms with Gasteiger partial charge in [0.05, 0.1) is 0 Å². The lowest BCUT2D eigenvalue weighted by Crippen LogP contribution is -2.25. The maximum Gasteiger partial charge on any atom is 0.188 e. The second kappa shape index (κ2) is 4.24. The second-order valence-corrected chi connectivity index (χ2v) is 5.20. The van der Waals surface area contributed by atoms with E-state index in [0.717, 1.165) is 25.3 Å². The molecule has 0 unspecified atom stereocenters. The van der Waals surface area contributed by atoms with Gasteiger partial charge >= 0.3 is 0 Å². The van der Waals surface area contributed by atoms with E-state index in [1.54, 1.807) is 6.07 Å². The van der Waals surface area contributed by atoms with Gasteiger partial charge < -0.3 is 15.8 Å². The molecule has 1 fully saturated rings. The normalized spacial score (nSPS) is 19.6. The predicted octanol–water partition coefficient (Wildman–Crippen LogP) is 1.41. The van der Waals surface area contributed by atoms with E-state index in [2.05, 4.69) is 28.9 Å². The minimum absolute atomic E-state index is 0.0466. The molecule has 1 aromatic rings. The predicted molar refractivity (Wildman–Crippen MR) is 67.4 cm³/mol. The number of nitrogens with zero attached hydrogens (tertiary/aromatic N) is 3. The van der Waals surface area contributed by atoms with E-state index in [-0.39, 0.29) is 5.84 Å². The smallest absolute Gasteiger partial charge is 0.188 e. The molecule has 2 heterocycles. The number of hydrogen-bond donors (Lipinski definition) is 2. The summed E-state index contributed by atoms with van der Waals surface area (Å²) in [6.07, 6.45) is 1.16. The molecule has 0 radical (unpaired) electrons. The summed E-state index contributed by atoms with van der Waals surface area (Å²) in [5.74, 6) is 0.935. The van der Waals surface area contributed by atoms with Crippen molar-refractivity contribution < 1.29 is 5.21 Å². The van der Waals surface area contributed by atoms with Crippen LogP contribution in [0.3, 0.4) is 0 Å². The van der Waals surface area contributed by atoms with Gasteiger partial charge in [-0.15, -0.1) is 0 Å². The Balaban J connectivity index is 2.23. The molecule has 0 aromatic carbocycles. The Morgan fingerprint density at radius 1 is 1.53 bits per heavy atom. The van der Waals surface area contributed by atoms with Crippen molar-refractivity contribution in [3.63, 3.8) is 0 Å². The van der Waals surface area contributed by atoms with Crippen molar-refractivity contribution in [3.05, 3.63) is 23.9 Å². The van der Waals surface area contributed by atoms with Crippen molar-refractivity contribution in [2.75, 3.05) is 18.0 Å². The number of rotatable bonds is 2. The van der Waals surface area contributed by atoms with E-state index in [1.807, 2.05) is 12.1 Å². The number of anilines is 1. The van der Waals surface area contributed by atoms with Gasteiger partial charge in [0.2, 0.25) is 0 Å². The fourth-order valence-corrected chi connectivity index (χ4v) is 2.10. The molecule has 0 atom stereocenters. The first-order valence-corrected chi connectivity index (χ1v) is 5.72. The lowest BCUT2D eigenvalue weighted by Gasteiger charge is -2.20. The summed E-state index contributed by atoms with van der Waals surface area (Å²) in [4.78, 5) is 6.63. The molecule has 92 valence electrons. The van der Waals surface area contributed by atoms with Crippen LogP contribution in [-0.4, -0.2) is 29.1 Å². The minimum atomic E-state index is 0.0466. The molecule has 0 amide bonds. The van der Waals surface area contributed by atoms with Gasteiger partial charge in [0.25, 0.3) is 0 Å². The summed E-state index contributed by atoms with van der Waals surface area (Å²) >= 11 is 0. The van der Waals surface area contributed by atoms with Crippen LogP contribution in [0.25, 0.3) is 0 Å². The van der Waals surface area contributed by atoms with Crippen LogP contribution in [0.4, 0.5) is 5.82 Å². The average molecular weight is 234 g/mol. The molecular formula is C12H18N4O. The van der Waals surface area contributed by atoms with Crippen molar-refractivity contribution >= 4 is 11.7 Å². The van der Waals surface area contributed by atoms with Crippen LogP contribution in [-0.2, 0) is 0 Å². The van der Waals surface area contributed by atoms with E-state index in [4.69, 9.17) is 10.9 Å². The number of oxime groups is 1. The van der Waals surface area contributed by atoms with Crippen LogP contribution < -0.4 is 10.6 Å². The van der Waals surface area contributed by atoms with Gasteiger partial charge in [-0.05, 0) is 24.0 Å². The van der Waals surface area contributed by atoms with Crippen LogP contribution in [0.15, 0.2) is 23.4 Å². The zero-order valence-electron chi connectivity index (χ0n) is 10.2. The van der Waals surface area contributed by atoms with Crippen LogP contribution in [0.5, 0.6) is 0 Å². The van der Waals surface area contributed by atoms with Gasteiger partial charge in [0.15, 0.2) is 5.84 Å². The summed E-state index contributed by atoms with van der Waals surface area (Å²) in [6.45, 7) is 6.49. The summed E-state index contributed by atoms with van der Waals surface area (Å²) in [5, 5.41) is 11.6. The first kappa shape index (κ1) is 11.7. The molecule has 3 N–H and O–H groups in total. The standard InChI is InChI=1S/C12H18N4O/c1-12(2)6-7-16(8-12)10-5-3-4-9(14-10)11(13)15-17/h3-5,17H,6-8H2,1-2H3,(H2,13,15). The molecule has 17 heavy (non-hydrogen) atoms. The molecule has 5 heteroatoms. The third-order valence-corrected chi connectivity index (χ3v) is 3.11. The Hall–Kier alpha value is -1.78. The summed E-state index contributed by atoms with van der Waals surface area (Å²) in [5.41, 5.74) is 6.37. The maximum absolute atomic E-state index is 8.64. The molecule has 0 aliphatic carbocycles. The largest absolute Gasteiger partial charge is 0.409 e. The zero-order valence-corrected chi connectivity index (χ0v) is 10.2. The quantitative estimate of drug-likeness (QED) is 0.351. The first-order chi connectivity index (χ1) is 8.02. The number of nitrogens with two attached hydrogens (primary N) is 1. The van der Waals surface area contributed by atoms with Crippen molar-refractivity contribution in [2.24, 2.45) is 16.3 Å². The highest BCUT2D eigenvalue weighted by Gasteiger charge is 2.29. The van der Waals surface area contributed by atoms with E-state index in [0.29, 0.717) is 11.1 Å². The highest BCUT2D eigenvalue weighted by molar-refractivity contribution is 5.95. The zero-order chi connectivity index (χ0) is 12.5. The van der Waals surface area contributed by atoms with E-state index in [9.17, 15) is 0 Å². The van der Waals surface area contributed by atoms with E-state index < -0.39 is 0 Å². The van der Waals surface area contributed by atoms with Crippen molar-refractivity contribution in [1.29, 1.82) is 0 Å². The Labute approximate surface area is 101 Å². The van der Waals surface area contributed by atoms with Gasteiger partial charge in [0, 0.05) is 13.1 Å². The number of amidine groups is 1. The Morgan fingerprint density at radius 3 is 2.88 bits per heavy atom. The lowest BCUT2D eigenvalue weighted by atomic mass is 9.93. The van der Waals surface area contributed by atoms with Crippen molar-refractivity contribution in [3.8, 4) is 0 Å². The van der Waals surface area contributed by atoms with E-state index in [1.165, 1.54) is 0 Å². The number of pyridine rings is 1. The van der Waals surface area contributed by atoms with Crippen LogP contribution in [0.1, 0.15) is 26.0 Å². The average Bonchev–Trinajstić information content (AvgIpc) is 2.69.